The maximum atomic E-state index is 11.1. The molecule has 2 aliphatic rings. The molecule has 1 heterocycles. The summed E-state index contributed by atoms with van der Waals surface area (Å²) in [6.45, 7) is 7.93. The van der Waals surface area contributed by atoms with Crippen LogP contribution in [0, 0.1) is 11.8 Å². The van der Waals surface area contributed by atoms with Gasteiger partial charge in [-0.1, -0.05) is 20.8 Å². The highest BCUT2D eigenvalue weighted by atomic mass is 16.8. The fourth-order valence-electron chi connectivity index (χ4n) is 2.97. The van der Waals surface area contributed by atoms with E-state index in [4.69, 9.17) is 9.47 Å². The minimum atomic E-state index is -0.593. The van der Waals surface area contributed by atoms with Gasteiger partial charge >= 0.3 is 5.97 Å². The summed E-state index contributed by atoms with van der Waals surface area (Å²) in [6, 6.07) is 0. The summed E-state index contributed by atoms with van der Waals surface area (Å²) >= 11 is 0. The summed E-state index contributed by atoms with van der Waals surface area (Å²) in [5.41, 5.74) is -0.189. The summed E-state index contributed by atoms with van der Waals surface area (Å²) < 4.78 is 11.3. The summed E-state index contributed by atoms with van der Waals surface area (Å²) in [5, 5.41) is 0. The minimum Gasteiger partial charge on any atom is -0.430 e. The summed E-state index contributed by atoms with van der Waals surface area (Å²) in [5.74, 6) is 0.166. The van der Waals surface area contributed by atoms with Crippen molar-refractivity contribution in [3.8, 4) is 0 Å². The van der Waals surface area contributed by atoms with Gasteiger partial charge in [0.1, 0.15) is 5.60 Å². The van der Waals surface area contributed by atoms with Crippen LogP contribution in [0.3, 0.4) is 0 Å². The fraction of sp³-hybridized carbons (Fsp3) is 0.917. The van der Waals surface area contributed by atoms with Gasteiger partial charge in [0.2, 0.25) is 5.79 Å². The van der Waals surface area contributed by atoms with Gasteiger partial charge in [-0.15, -0.1) is 0 Å². The van der Waals surface area contributed by atoms with Gasteiger partial charge in [-0.25, -0.2) is 0 Å². The van der Waals surface area contributed by atoms with E-state index in [1.54, 1.807) is 0 Å². The summed E-state index contributed by atoms with van der Waals surface area (Å²) in [7, 11) is 0. The predicted octanol–water partition coefficient (Wildman–Crippen LogP) is 2.49. The van der Waals surface area contributed by atoms with Crippen LogP contribution in [0.5, 0.6) is 0 Å². The number of epoxide rings is 1. The van der Waals surface area contributed by atoms with Crippen LogP contribution in [0.2, 0.25) is 0 Å². The van der Waals surface area contributed by atoms with Crippen molar-refractivity contribution in [3.63, 3.8) is 0 Å². The van der Waals surface area contributed by atoms with Crippen molar-refractivity contribution in [1.82, 2.24) is 0 Å². The molecule has 2 fully saturated rings. The zero-order valence-corrected chi connectivity index (χ0v) is 10.0. The number of carbonyl (C=O) groups excluding carboxylic acids is 1. The Kier molecular flexibility index (Phi) is 2.34. The van der Waals surface area contributed by atoms with Gasteiger partial charge in [0.05, 0.1) is 0 Å². The van der Waals surface area contributed by atoms with Crippen LogP contribution in [0.25, 0.3) is 0 Å². The Morgan fingerprint density at radius 1 is 1.53 bits per heavy atom. The van der Waals surface area contributed by atoms with E-state index < -0.39 is 5.79 Å². The highest BCUT2D eigenvalue weighted by Gasteiger charge is 2.75. The fourth-order valence-corrected chi connectivity index (χ4v) is 2.97. The van der Waals surface area contributed by atoms with Crippen molar-refractivity contribution in [1.29, 1.82) is 0 Å². The lowest BCUT2D eigenvalue weighted by atomic mass is 9.75. The standard InChI is InChI=1S/C12H20O3/c1-8(2)11-6-5-9(3)7-12(11,15-11)14-10(4)13/h8-9H,5-7H2,1-4H3. The Bertz CT molecular complexity index is 287. The second-order valence-corrected chi connectivity index (χ2v) is 5.34. The third-order valence-electron chi connectivity index (χ3n) is 3.82. The first kappa shape index (κ1) is 10.9. The second kappa shape index (κ2) is 3.21. The van der Waals surface area contributed by atoms with Crippen molar-refractivity contribution in [2.24, 2.45) is 11.8 Å². The molecule has 0 spiro atoms. The number of fused-ring (bicyclic) bond motifs is 1. The van der Waals surface area contributed by atoms with E-state index in [0.717, 1.165) is 12.8 Å². The van der Waals surface area contributed by atoms with Gasteiger partial charge < -0.3 is 9.47 Å². The molecule has 0 bridgehead atoms. The first-order valence-corrected chi connectivity index (χ1v) is 5.81. The Balaban J connectivity index is 2.18. The van der Waals surface area contributed by atoms with Crippen LogP contribution in [-0.4, -0.2) is 17.4 Å². The lowest BCUT2D eigenvalue weighted by molar-refractivity contribution is -0.159. The van der Waals surface area contributed by atoms with E-state index in [0.29, 0.717) is 11.8 Å². The monoisotopic (exact) mass is 212 g/mol. The second-order valence-electron chi connectivity index (χ2n) is 5.34. The van der Waals surface area contributed by atoms with Crippen molar-refractivity contribution >= 4 is 5.97 Å². The van der Waals surface area contributed by atoms with Crippen LogP contribution in [0.15, 0.2) is 0 Å². The Labute approximate surface area is 91.1 Å². The molecule has 0 aromatic rings. The number of rotatable bonds is 2. The Morgan fingerprint density at radius 2 is 2.20 bits per heavy atom. The van der Waals surface area contributed by atoms with Gasteiger partial charge in [0, 0.05) is 13.3 Å². The van der Waals surface area contributed by atoms with E-state index in [1.165, 1.54) is 13.3 Å². The maximum Gasteiger partial charge on any atom is 0.305 e. The normalized spacial score (nSPS) is 43.7. The van der Waals surface area contributed by atoms with E-state index >= 15 is 0 Å². The average molecular weight is 212 g/mol. The first-order chi connectivity index (χ1) is 6.92. The molecule has 0 radical (unpaired) electrons. The van der Waals surface area contributed by atoms with Crippen molar-refractivity contribution in [3.05, 3.63) is 0 Å². The molecule has 3 heteroatoms. The number of ether oxygens (including phenoxy) is 2. The van der Waals surface area contributed by atoms with E-state index in [-0.39, 0.29) is 11.6 Å². The molecule has 0 aromatic carbocycles. The molecular weight excluding hydrogens is 192 g/mol. The molecule has 2 rings (SSSR count). The van der Waals surface area contributed by atoms with E-state index in [9.17, 15) is 4.79 Å². The molecule has 3 unspecified atom stereocenters. The Hall–Kier alpha value is -0.570. The average Bonchev–Trinajstić information content (AvgIpc) is 2.71. The van der Waals surface area contributed by atoms with Crippen LogP contribution in [0.1, 0.15) is 47.0 Å². The summed E-state index contributed by atoms with van der Waals surface area (Å²) in [6.07, 6.45) is 3.03. The number of hydrogen-bond donors (Lipinski definition) is 0. The van der Waals surface area contributed by atoms with Crippen molar-refractivity contribution in [2.75, 3.05) is 0 Å². The van der Waals surface area contributed by atoms with E-state index in [2.05, 4.69) is 20.8 Å². The molecule has 1 saturated carbocycles. The lowest BCUT2D eigenvalue weighted by Gasteiger charge is -2.30. The topological polar surface area (TPSA) is 38.8 Å². The third kappa shape index (κ3) is 1.48. The quantitative estimate of drug-likeness (QED) is 0.521. The van der Waals surface area contributed by atoms with Crippen LogP contribution >= 0.6 is 0 Å². The highest BCUT2D eigenvalue weighted by Crippen LogP contribution is 2.62. The molecule has 15 heavy (non-hydrogen) atoms. The van der Waals surface area contributed by atoms with Gasteiger partial charge in [-0.3, -0.25) is 4.79 Å². The third-order valence-corrected chi connectivity index (χ3v) is 3.82. The molecule has 0 amide bonds. The summed E-state index contributed by atoms with van der Waals surface area (Å²) in [4.78, 5) is 11.1. The van der Waals surface area contributed by atoms with Crippen molar-refractivity contribution in [2.45, 2.75) is 58.3 Å². The SMILES string of the molecule is CC(=O)OC12CC(C)CCC1(C(C)C)O2. The Morgan fingerprint density at radius 3 is 2.73 bits per heavy atom. The van der Waals surface area contributed by atoms with Gasteiger partial charge in [-0.05, 0) is 24.7 Å². The lowest BCUT2D eigenvalue weighted by Crippen LogP contribution is -2.39. The smallest absolute Gasteiger partial charge is 0.305 e. The van der Waals surface area contributed by atoms with Crippen LogP contribution in [0.4, 0.5) is 0 Å². The van der Waals surface area contributed by atoms with Crippen molar-refractivity contribution < 1.29 is 14.3 Å². The predicted molar refractivity (Wildman–Crippen MR) is 56.2 cm³/mol. The molecule has 1 aliphatic heterocycles. The zero-order valence-electron chi connectivity index (χ0n) is 10.0. The highest BCUT2D eigenvalue weighted by molar-refractivity contribution is 5.67. The molecule has 1 saturated heterocycles. The molecular formula is C12H20O3. The van der Waals surface area contributed by atoms with E-state index in [1.807, 2.05) is 0 Å². The number of carbonyl (C=O) groups is 1. The van der Waals surface area contributed by atoms with Gasteiger partial charge in [0.15, 0.2) is 0 Å². The molecule has 3 atom stereocenters. The molecule has 1 aliphatic carbocycles. The zero-order chi connectivity index (χ0) is 11.3. The van der Waals surface area contributed by atoms with Gasteiger partial charge in [0.25, 0.3) is 0 Å². The molecule has 86 valence electrons. The molecule has 0 aromatic heterocycles. The van der Waals surface area contributed by atoms with Crippen LogP contribution < -0.4 is 0 Å². The minimum absolute atomic E-state index is 0.189. The van der Waals surface area contributed by atoms with Crippen LogP contribution in [-0.2, 0) is 14.3 Å². The number of hydrogen-bond acceptors (Lipinski definition) is 3. The maximum absolute atomic E-state index is 11.1. The largest absolute Gasteiger partial charge is 0.430 e. The van der Waals surface area contributed by atoms with Gasteiger partial charge in [-0.2, -0.15) is 0 Å². The molecule has 3 nitrogen and oxygen atoms in total. The number of esters is 1. The first-order valence-electron chi connectivity index (χ1n) is 5.81. The molecule has 0 N–H and O–H groups in total.